The molecule has 0 spiro atoms. The number of carbonyl (C=O) groups is 7. The fourth-order valence-electron chi connectivity index (χ4n) is 7.42. The molecule has 6 rings (SSSR count). The minimum atomic E-state index is -1.34. The van der Waals surface area contributed by atoms with Crippen LogP contribution in [-0.2, 0) is 85.7 Å². The molecule has 4 heterocycles. The van der Waals surface area contributed by atoms with Gasteiger partial charge in [-0.1, -0.05) is 35.0 Å². The van der Waals surface area contributed by atoms with Crippen molar-refractivity contribution < 1.29 is 114 Å². The number of phenols is 1. The summed E-state index contributed by atoms with van der Waals surface area (Å²) < 4.78 is 87.3. The zero-order chi connectivity index (χ0) is 53.7. The molecule has 24 nitrogen and oxygen atoms in total. The number of para-hydroxylation sites is 2. The molecule has 0 amide bonds. The van der Waals surface area contributed by atoms with Gasteiger partial charge in [0.1, 0.15) is 31.5 Å². The van der Waals surface area contributed by atoms with E-state index in [-0.39, 0.29) is 30.5 Å². The molecular weight excluding hydrogens is 1030 g/mol. The van der Waals surface area contributed by atoms with Crippen molar-refractivity contribution in [3.05, 3.63) is 36.4 Å². The topological polar surface area (TPSA) is 287 Å². The fraction of sp³-hybridized carbons (Fsp3) is 0.596. The third-order valence-electron chi connectivity index (χ3n) is 10.1. The van der Waals surface area contributed by atoms with Crippen LogP contribution in [0.25, 0.3) is 0 Å². The number of esters is 7. The number of fused-ring (bicyclic) bond motifs is 2. The number of hydrogen-bond acceptors (Lipinski definition) is 24. The van der Waals surface area contributed by atoms with Gasteiger partial charge in [0.25, 0.3) is 0 Å². The molecule has 4 aliphatic rings. The first-order chi connectivity index (χ1) is 33.8. The van der Waals surface area contributed by atoms with Crippen LogP contribution in [0.3, 0.4) is 0 Å². The molecule has 2 aromatic rings. The van der Waals surface area contributed by atoms with E-state index in [0.717, 1.165) is 13.8 Å². The lowest BCUT2D eigenvalue weighted by Crippen LogP contribution is -2.60. The minimum absolute atomic E-state index is 0.0610. The molecule has 25 heteroatoms. The van der Waals surface area contributed by atoms with E-state index in [4.69, 9.17) is 75.8 Å². The summed E-state index contributed by atoms with van der Waals surface area (Å²) in [6.45, 7) is 17.6. The number of benzene rings is 2. The number of aromatic hydroxyl groups is 1. The molecule has 0 aliphatic carbocycles. The lowest BCUT2D eigenvalue weighted by atomic mass is 9.90. The molecule has 2 saturated heterocycles. The third kappa shape index (κ3) is 16.4. The van der Waals surface area contributed by atoms with E-state index >= 15 is 0 Å². The lowest BCUT2D eigenvalue weighted by Gasteiger charge is -2.43. The molecule has 72 heavy (non-hydrogen) atoms. The number of halogens is 1. The average molecular weight is 1090 g/mol. The van der Waals surface area contributed by atoms with Crippen molar-refractivity contribution in [1.29, 1.82) is 0 Å². The van der Waals surface area contributed by atoms with Crippen molar-refractivity contribution in [2.24, 2.45) is 5.92 Å². The highest BCUT2D eigenvalue weighted by molar-refractivity contribution is 9.09. The molecule has 400 valence electrons. The summed E-state index contributed by atoms with van der Waals surface area (Å²) in [7, 11) is 0. The Hall–Kier alpha value is -6.15. The summed E-state index contributed by atoms with van der Waals surface area (Å²) in [5, 5.41) is 8.61. The Morgan fingerprint density at radius 2 is 1.00 bits per heavy atom. The SMILES string of the molecule is CC(=O)OC[C@H]1O[C@H](Br)[C@H](OC(C)=O)[C@@H](OC(C)=O)[C@@H]1OC(C)=O.CCOC1(C)Oc2cccc(O)c2O1.CCOC1(C)Oc2cccc(O[C@@H]3O[C@H](COC(C)=O)[C@@H](C)[C@H](OC(C)=O)[C@H]3OC(C)=O)c2O1. The predicted molar refractivity (Wildman–Crippen MR) is 244 cm³/mol. The van der Waals surface area contributed by atoms with Gasteiger partial charge in [-0.3, -0.25) is 33.6 Å². The van der Waals surface area contributed by atoms with Crippen molar-refractivity contribution in [1.82, 2.24) is 0 Å². The summed E-state index contributed by atoms with van der Waals surface area (Å²) >= 11 is 3.18. The monoisotopic (exact) mass is 1090 g/mol. The highest BCUT2D eigenvalue weighted by atomic mass is 79.9. The Balaban J connectivity index is 0.000000256. The molecular formula is C47H61BrO24. The highest BCUT2D eigenvalue weighted by Crippen LogP contribution is 2.48. The Morgan fingerprint density at radius 1 is 0.556 bits per heavy atom. The summed E-state index contributed by atoms with van der Waals surface area (Å²) in [6.07, 6.45) is -8.20. The summed E-state index contributed by atoms with van der Waals surface area (Å²) in [5.74, 6) is -5.39. The normalized spacial score (nSPS) is 28.5. The van der Waals surface area contributed by atoms with Crippen LogP contribution < -0.4 is 23.7 Å². The van der Waals surface area contributed by atoms with Crippen LogP contribution in [0, 0.1) is 5.92 Å². The quantitative estimate of drug-likeness (QED) is 0.144. The van der Waals surface area contributed by atoms with Crippen molar-refractivity contribution in [3.8, 4) is 34.5 Å². The summed E-state index contributed by atoms with van der Waals surface area (Å²) in [6, 6.07) is 9.94. The zero-order valence-electron chi connectivity index (χ0n) is 41.8. The second-order valence-electron chi connectivity index (χ2n) is 16.2. The Bertz CT molecular complexity index is 2240. The highest BCUT2D eigenvalue weighted by Gasteiger charge is 2.52. The Kier molecular flexibility index (Phi) is 21.1. The maximum absolute atomic E-state index is 11.9. The predicted octanol–water partition coefficient (Wildman–Crippen LogP) is 4.67. The molecule has 0 aromatic heterocycles. The fourth-order valence-corrected chi connectivity index (χ4v) is 8.10. The van der Waals surface area contributed by atoms with Gasteiger partial charge in [-0.25, -0.2) is 0 Å². The lowest BCUT2D eigenvalue weighted by molar-refractivity contribution is -0.275. The number of ether oxygens (including phenoxy) is 16. The van der Waals surface area contributed by atoms with Crippen LogP contribution in [0.15, 0.2) is 36.4 Å². The first kappa shape index (κ1) is 58.4. The molecule has 0 radical (unpaired) electrons. The van der Waals surface area contributed by atoms with Crippen LogP contribution in [0.4, 0.5) is 0 Å². The van der Waals surface area contributed by atoms with Crippen LogP contribution in [0.5, 0.6) is 34.5 Å². The number of alkyl halides is 1. The van der Waals surface area contributed by atoms with Crippen LogP contribution in [-0.4, -0.2) is 139 Å². The van der Waals surface area contributed by atoms with Crippen molar-refractivity contribution in [3.63, 3.8) is 0 Å². The van der Waals surface area contributed by atoms with E-state index in [0.29, 0.717) is 30.5 Å². The second kappa shape index (κ2) is 26.0. The molecule has 0 saturated carbocycles. The molecule has 0 bridgehead atoms. The van der Waals surface area contributed by atoms with E-state index in [1.54, 1.807) is 64.1 Å². The average Bonchev–Trinajstić information content (AvgIpc) is 3.80. The van der Waals surface area contributed by atoms with Gasteiger partial charge >= 0.3 is 53.7 Å². The maximum Gasteiger partial charge on any atom is 0.369 e. The van der Waals surface area contributed by atoms with Crippen LogP contribution in [0.1, 0.15) is 83.1 Å². The van der Waals surface area contributed by atoms with Crippen molar-refractivity contribution in [2.45, 2.75) is 149 Å². The van der Waals surface area contributed by atoms with Gasteiger partial charge in [0, 0.05) is 68.2 Å². The van der Waals surface area contributed by atoms with Gasteiger partial charge < -0.3 is 80.9 Å². The minimum Gasteiger partial charge on any atom is -0.504 e. The molecule has 12 atom stereocenters. The summed E-state index contributed by atoms with van der Waals surface area (Å²) in [4.78, 5) is 80.2. The van der Waals surface area contributed by atoms with Crippen molar-refractivity contribution in [2.75, 3.05) is 26.4 Å². The standard InChI is InChI=1S/C23H30O11.C14H19BrO9.C10H12O4/c1-7-28-23(6)33-17-10-8-9-16(20(17)34-23)31-22-21(30-15(5)26)19(29-14(4)25)12(2)18(32-22)11-27-13(3)24;1-6(16)20-5-10-11(21-7(2)17)12(22-8(3)18)13(14(15)24-10)23-9(4)19;1-3-12-10(2)13-8-6-4-5-7(11)9(8)14-10/h8-10,12,18-19,21-22H,7,11H2,1-6H3;10-14H,5H2,1-4H3;4-6,11H,3H2,1-2H3/t12-,18-,19+,21-,22-,23?;10-,11-,12+,13-,14+;/m11./s1. The molecule has 1 N–H and O–H groups in total. The molecule has 2 unspecified atom stereocenters. The van der Waals surface area contributed by atoms with Gasteiger partial charge in [0.15, 0.2) is 46.3 Å². The number of hydrogen-bond donors (Lipinski definition) is 1. The zero-order valence-corrected chi connectivity index (χ0v) is 43.4. The maximum atomic E-state index is 11.9. The van der Waals surface area contributed by atoms with E-state index in [9.17, 15) is 38.7 Å². The van der Waals surface area contributed by atoms with E-state index in [1.165, 1.54) is 34.6 Å². The molecule has 2 aromatic carbocycles. The van der Waals surface area contributed by atoms with Gasteiger partial charge in [-0.15, -0.1) is 0 Å². The number of carbonyl (C=O) groups excluding carboxylic acids is 7. The second-order valence-corrected chi connectivity index (χ2v) is 17.1. The van der Waals surface area contributed by atoms with Crippen LogP contribution in [0.2, 0.25) is 0 Å². The van der Waals surface area contributed by atoms with Gasteiger partial charge in [-0.2, -0.15) is 0 Å². The summed E-state index contributed by atoms with van der Waals surface area (Å²) in [5.41, 5.74) is 0. The van der Waals surface area contributed by atoms with Crippen molar-refractivity contribution >= 4 is 57.7 Å². The van der Waals surface area contributed by atoms with E-state index < -0.39 is 114 Å². The first-order valence-corrected chi connectivity index (χ1v) is 23.4. The number of phenolic OH excluding ortho intramolecular Hbond substituents is 1. The van der Waals surface area contributed by atoms with Gasteiger partial charge in [-0.05, 0) is 38.1 Å². The van der Waals surface area contributed by atoms with Gasteiger partial charge in [0.05, 0.1) is 13.2 Å². The largest absolute Gasteiger partial charge is 0.504 e. The van der Waals surface area contributed by atoms with Gasteiger partial charge in [0.2, 0.25) is 23.9 Å². The molecule has 2 fully saturated rings. The number of rotatable bonds is 15. The third-order valence-corrected chi connectivity index (χ3v) is 10.9. The Labute approximate surface area is 423 Å². The first-order valence-electron chi connectivity index (χ1n) is 22.5. The smallest absolute Gasteiger partial charge is 0.369 e. The van der Waals surface area contributed by atoms with Crippen LogP contribution >= 0.6 is 15.9 Å². The van der Waals surface area contributed by atoms with E-state index in [1.807, 2.05) is 6.92 Å². The molecule has 4 aliphatic heterocycles. The Morgan fingerprint density at radius 3 is 1.50 bits per heavy atom. The van der Waals surface area contributed by atoms with E-state index in [2.05, 4.69) is 15.9 Å².